The predicted octanol–water partition coefficient (Wildman–Crippen LogP) is 1.04. The molecule has 2 aromatic rings. The molecule has 25 heavy (non-hydrogen) atoms. The molecule has 1 amide bonds. The van der Waals surface area contributed by atoms with Crippen molar-refractivity contribution < 1.29 is 13.2 Å². The molecule has 7 nitrogen and oxygen atoms in total. The zero-order valence-electron chi connectivity index (χ0n) is 13.9. The Bertz CT molecular complexity index is 811. The van der Waals surface area contributed by atoms with Crippen molar-refractivity contribution in [2.24, 2.45) is 0 Å². The van der Waals surface area contributed by atoms with Crippen LogP contribution in [0.2, 0.25) is 0 Å². The van der Waals surface area contributed by atoms with Gasteiger partial charge in [-0.15, -0.1) is 0 Å². The van der Waals surface area contributed by atoms with E-state index in [-0.39, 0.29) is 0 Å². The third kappa shape index (κ3) is 4.90. The SMILES string of the molecule is O=C(CS(=O)(=O)C1CCNCC1)Nc1ccn(Cc2ccccc2)n1. The van der Waals surface area contributed by atoms with Crippen molar-refractivity contribution in [2.75, 3.05) is 24.2 Å². The van der Waals surface area contributed by atoms with E-state index in [4.69, 9.17) is 0 Å². The fourth-order valence-electron chi connectivity index (χ4n) is 2.92. The van der Waals surface area contributed by atoms with E-state index in [9.17, 15) is 13.2 Å². The molecule has 0 atom stereocenters. The van der Waals surface area contributed by atoms with Gasteiger partial charge in [0.15, 0.2) is 15.7 Å². The van der Waals surface area contributed by atoms with E-state index in [1.165, 1.54) is 0 Å². The predicted molar refractivity (Wildman–Crippen MR) is 96.1 cm³/mol. The van der Waals surface area contributed by atoms with E-state index in [1.54, 1.807) is 16.9 Å². The van der Waals surface area contributed by atoms with Gasteiger partial charge in [0.1, 0.15) is 5.75 Å². The number of piperidine rings is 1. The Morgan fingerprint density at radius 3 is 2.64 bits per heavy atom. The number of rotatable bonds is 6. The number of amides is 1. The van der Waals surface area contributed by atoms with Crippen molar-refractivity contribution in [3.63, 3.8) is 0 Å². The van der Waals surface area contributed by atoms with Gasteiger partial charge in [-0.25, -0.2) is 8.42 Å². The van der Waals surface area contributed by atoms with Gasteiger partial charge in [-0.2, -0.15) is 5.10 Å². The van der Waals surface area contributed by atoms with Crippen LogP contribution < -0.4 is 10.6 Å². The van der Waals surface area contributed by atoms with Crippen molar-refractivity contribution >= 4 is 21.6 Å². The highest BCUT2D eigenvalue weighted by molar-refractivity contribution is 7.92. The molecular formula is C17H22N4O3S. The summed E-state index contributed by atoms with van der Waals surface area (Å²) in [6.07, 6.45) is 2.87. The van der Waals surface area contributed by atoms with Crippen LogP contribution in [0.4, 0.5) is 5.82 Å². The van der Waals surface area contributed by atoms with Crippen LogP contribution in [0, 0.1) is 0 Å². The molecule has 2 heterocycles. The van der Waals surface area contributed by atoms with Crippen molar-refractivity contribution in [3.05, 3.63) is 48.2 Å². The van der Waals surface area contributed by atoms with Gasteiger partial charge in [-0.1, -0.05) is 30.3 Å². The van der Waals surface area contributed by atoms with Crippen molar-refractivity contribution in [1.82, 2.24) is 15.1 Å². The summed E-state index contributed by atoms with van der Waals surface area (Å²) in [6, 6.07) is 11.5. The van der Waals surface area contributed by atoms with Gasteiger partial charge < -0.3 is 10.6 Å². The highest BCUT2D eigenvalue weighted by Gasteiger charge is 2.29. The molecule has 1 saturated heterocycles. The highest BCUT2D eigenvalue weighted by atomic mass is 32.2. The molecule has 2 N–H and O–H groups in total. The summed E-state index contributed by atoms with van der Waals surface area (Å²) in [7, 11) is -3.43. The number of sulfone groups is 1. The summed E-state index contributed by atoms with van der Waals surface area (Å²) in [5.41, 5.74) is 1.09. The third-order valence-electron chi connectivity index (χ3n) is 4.22. The molecule has 1 aromatic carbocycles. The van der Waals surface area contributed by atoms with Gasteiger partial charge in [-0.3, -0.25) is 9.48 Å². The number of hydrogen-bond donors (Lipinski definition) is 2. The third-order valence-corrected chi connectivity index (χ3v) is 6.37. The van der Waals surface area contributed by atoms with Crippen molar-refractivity contribution in [2.45, 2.75) is 24.6 Å². The second kappa shape index (κ2) is 7.79. The highest BCUT2D eigenvalue weighted by Crippen LogP contribution is 2.15. The van der Waals surface area contributed by atoms with Crippen LogP contribution in [0.3, 0.4) is 0 Å². The first-order valence-corrected chi connectivity index (χ1v) is 10.0. The van der Waals surface area contributed by atoms with E-state index < -0.39 is 26.7 Å². The number of anilines is 1. The Balaban J connectivity index is 1.56. The first-order chi connectivity index (χ1) is 12.0. The fourth-order valence-corrected chi connectivity index (χ4v) is 4.55. The Morgan fingerprint density at radius 1 is 1.20 bits per heavy atom. The normalized spacial score (nSPS) is 15.8. The van der Waals surface area contributed by atoms with Crippen molar-refractivity contribution in [3.8, 4) is 0 Å². The lowest BCUT2D eigenvalue weighted by Crippen LogP contribution is -2.39. The minimum Gasteiger partial charge on any atom is -0.317 e. The van der Waals surface area contributed by atoms with E-state index in [0.717, 1.165) is 5.56 Å². The Morgan fingerprint density at radius 2 is 1.92 bits per heavy atom. The Kier molecular flexibility index (Phi) is 5.50. The average molecular weight is 362 g/mol. The monoisotopic (exact) mass is 362 g/mol. The van der Waals surface area contributed by atoms with E-state index in [2.05, 4.69) is 15.7 Å². The summed E-state index contributed by atoms with van der Waals surface area (Å²) in [4.78, 5) is 12.1. The van der Waals surface area contributed by atoms with Crippen LogP contribution in [0.25, 0.3) is 0 Å². The molecular weight excluding hydrogens is 340 g/mol. The minimum atomic E-state index is -3.43. The van der Waals surface area contributed by atoms with Gasteiger partial charge in [0, 0.05) is 12.3 Å². The number of nitrogens with one attached hydrogen (secondary N) is 2. The van der Waals surface area contributed by atoms with E-state index in [1.807, 2.05) is 30.3 Å². The van der Waals surface area contributed by atoms with Crippen LogP contribution in [0.5, 0.6) is 0 Å². The topological polar surface area (TPSA) is 93.1 Å². The second-order valence-electron chi connectivity index (χ2n) is 6.19. The number of benzene rings is 1. The molecule has 1 fully saturated rings. The fraction of sp³-hybridized carbons (Fsp3) is 0.412. The van der Waals surface area contributed by atoms with E-state index in [0.29, 0.717) is 38.3 Å². The van der Waals surface area contributed by atoms with Gasteiger partial charge in [-0.05, 0) is 31.5 Å². The summed E-state index contributed by atoms with van der Waals surface area (Å²) >= 11 is 0. The van der Waals surface area contributed by atoms with Crippen LogP contribution in [-0.4, -0.2) is 48.2 Å². The molecule has 0 aliphatic carbocycles. The molecule has 1 aliphatic heterocycles. The number of carbonyl (C=O) groups excluding carboxylic acids is 1. The van der Waals surface area contributed by atoms with Crippen LogP contribution in [0.15, 0.2) is 42.6 Å². The Labute approximate surface area is 147 Å². The molecule has 8 heteroatoms. The summed E-state index contributed by atoms with van der Waals surface area (Å²) in [5.74, 6) is -0.673. The smallest absolute Gasteiger partial charge is 0.240 e. The number of nitrogens with zero attached hydrogens (tertiary/aromatic N) is 2. The Hall–Kier alpha value is -2.19. The van der Waals surface area contributed by atoms with Gasteiger partial charge >= 0.3 is 0 Å². The molecule has 1 aromatic heterocycles. The minimum absolute atomic E-state index is 0.362. The largest absolute Gasteiger partial charge is 0.317 e. The molecule has 0 radical (unpaired) electrons. The first-order valence-electron chi connectivity index (χ1n) is 8.32. The van der Waals surface area contributed by atoms with Crippen molar-refractivity contribution in [1.29, 1.82) is 0 Å². The molecule has 1 aliphatic rings. The average Bonchev–Trinajstić information content (AvgIpc) is 3.03. The van der Waals surface area contributed by atoms with Gasteiger partial charge in [0.25, 0.3) is 0 Å². The number of carbonyl (C=O) groups is 1. The standard InChI is InChI=1S/C17H22N4O3S/c22-17(13-25(23,24)15-6-9-18-10-7-15)19-16-8-11-21(20-16)12-14-4-2-1-3-5-14/h1-5,8,11,15,18H,6-7,9-10,12-13H2,(H,19,20,22). The zero-order valence-corrected chi connectivity index (χ0v) is 14.7. The molecule has 0 unspecified atom stereocenters. The quantitative estimate of drug-likeness (QED) is 0.801. The molecule has 0 saturated carbocycles. The number of aromatic nitrogens is 2. The lowest BCUT2D eigenvalue weighted by molar-refractivity contribution is -0.113. The molecule has 0 spiro atoms. The van der Waals surface area contributed by atoms with Crippen LogP contribution >= 0.6 is 0 Å². The van der Waals surface area contributed by atoms with Crippen LogP contribution in [0.1, 0.15) is 18.4 Å². The zero-order chi connectivity index (χ0) is 17.7. The molecule has 134 valence electrons. The van der Waals surface area contributed by atoms with Crippen LogP contribution in [-0.2, 0) is 21.2 Å². The summed E-state index contributed by atoms with van der Waals surface area (Å²) in [5, 5.41) is 9.54. The maximum Gasteiger partial charge on any atom is 0.240 e. The number of hydrogen-bond acceptors (Lipinski definition) is 5. The summed E-state index contributed by atoms with van der Waals surface area (Å²) in [6.45, 7) is 1.94. The van der Waals surface area contributed by atoms with Gasteiger partial charge in [0.2, 0.25) is 5.91 Å². The second-order valence-corrected chi connectivity index (χ2v) is 8.47. The van der Waals surface area contributed by atoms with E-state index >= 15 is 0 Å². The lowest BCUT2D eigenvalue weighted by Gasteiger charge is -2.22. The maximum atomic E-state index is 12.3. The van der Waals surface area contributed by atoms with Gasteiger partial charge in [0.05, 0.1) is 11.8 Å². The molecule has 0 bridgehead atoms. The first kappa shape index (κ1) is 17.6. The molecule has 3 rings (SSSR count). The lowest BCUT2D eigenvalue weighted by atomic mass is 10.2. The summed E-state index contributed by atoms with van der Waals surface area (Å²) < 4.78 is 26.3. The maximum absolute atomic E-state index is 12.3.